The zero-order valence-corrected chi connectivity index (χ0v) is 18.5. The number of nitrogens with zero attached hydrogens (tertiary/aromatic N) is 3. The Morgan fingerprint density at radius 1 is 1.27 bits per heavy atom. The molecule has 3 aromatic rings. The molecule has 0 atom stereocenters. The largest absolute Gasteiger partial charge is 0.467 e. The zero-order chi connectivity index (χ0) is 21.8. The van der Waals surface area contributed by atoms with Crippen molar-refractivity contribution in [3.05, 3.63) is 74.8 Å². The van der Waals surface area contributed by atoms with E-state index in [1.165, 1.54) is 0 Å². The number of carbonyl (C=O) groups is 1. The van der Waals surface area contributed by atoms with Gasteiger partial charge < -0.3 is 14.3 Å². The van der Waals surface area contributed by atoms with Gasteiger partial charge in [0.1, 0.15) is 17.6 Å². The molecular weight excluding hydrogens is 423 g/mol. The van der Waals surface area contributed by atoms with E-state index in [4.69, 9.17) is 27.6 Å². The van der Waals surface area contributed by atoms with Gasteiger partial charge in [-0.15, -0.1) is 0 Å². The van der Waals surface area contributed by atoms with Crippen LogP contribution >= 0.6 is 23.2 Å². The lowest BCUT2D eigenvalue weighted by Crippen LogP contribution is -2.31. The molecule has 0 aliphatic carbocycles. The average molecular weight is 445 g/mol. The number of anilines is 1. The van der Waals surface area contributed by atoms with Crippen molar-refractivity contribution in [1.29, 1.82) is 5.26 Å². The smallest absolute Gasteiger partial charge is 0.239 e. The molecule has 0 spiro atoms. The van der Waals surface area contributed by atoms with Gasteiger partial charge in [0, 0.05) is 12.2 Å². The molecule has 2 heterocycles. The van der Waals surface area contributed by atoms with E-state index in [1.807, 2.05) is 48.6 Å². The Balaban J connectivity index is 1.76. The van der Waals surface area contributed by atoms with E-state index in [0.29, 0.717) is 34.5 Å². The molecule has 0 aliphatic rings. The van der Waals surface area contributed by atoms with Crippen LogP contribution in [-0.2, 0) is 17.9 Å². The molecular formula is C22H22Cl2N4O2. The molecule has 0 bridgehead atoms. The second kappa shape index (κ2) is 9.40. The van der Waals surface area contributed by atoms with E-state index in [9.17, 15) is 10.1 Å². The van der Waals surface area contributed by atoms with Crippen LogP contribution in [0.5, 0.6) is 0 Å². The molecule has 2 aromatic heterocycles. The third-order valence-corrected chi connectivity index (χ3v) is 5.84. The number of halogens is 2. The van der Waals surface area contributed by atoms with Crippen LogP contribution in [0.15, 0.2) is 41.0 Å². The van der Waals surface area contributed by atoms with Gasteiger partial charge in [-0.1, -0.05) is 35.3 Å². The lowest BCUT2D eigenvalue weighted by atomic mass is 10.2. The van der Waals surface area contributed by atoms with Gasteiger partial charge in [-0.3, -0.25) is 9.69 Å². The SMILES string of the molecule is Cc1c(C#N)c(NC(=O)CN(C)Cc2cccc(Cl)c2Cl)n(Cc2ccco2)c1C. The first-order valence-electron chi connectivity index (χ1n) is 9.35. The quantitative estimate of drug-likeness (QED) is 0.556. The minimum Gasteiger partial charge on any atom is -0.467 e. The van der Waals surface area contributed by atoms with Crippen LogP contribution in [0.25, 0.3) is 0 Å². The number of furan rings is 1. The van der Waals surface area contributed by atoms with Crippen LogP contribution in [0.3, 0.4) is 0 Å². The summed E-state index contributed by atoms with van der Waals surface area (Å²) in [5.41, 5.74) is 3.02. The van der Waals surface area contributed by atoms with Gasteiger partial charge in [0.15, 0.2) is 0 Å². The summed E-state index contributed by atoms with van der Waals surface area (Å²) in [4.78, 5) is 14.6. The Morgan fingerprint density at radius 3 is 2.70 bits per heavy atom. The number of hydrogen-bond acceptors (Lipinski definition) is 4. The molecule has 0 unspecified atom stereocenters. The molecule has 0 saturated carbocycles. The molecule has 6 nitrogen and oxygen atoms in total. The minimum atomic E-state index is -0.231. The van der Waals surface area contributed by atoms with Crippen molar-refractivity contribution in [3.8, 4) is 6.07 Å². The Morgan fingerprint density at radius 2 is 2.03 bits per heavy atom. The standard InChI is InChI=1S/C22H22Cl2N4O2/c1-14-15(2)28(12-17-7-5-9-30-17)22(18(14)10-25)26-20(29)13-27(3)11-16-6-4-8-19(23)21(16)24/h4-9H,11-13H2,1-3H3,(H,26,29). The Labute approximate surface area is 185 Å². The van der Waals surface area contributed by atoms with Crippen molar-refractivity contribution in [1.82, 2.24) is 9.47 Å². The molecule has 0 aliphatic heterocycles. The van der Waals surface area contributed by atoms with E-state index >= 15 is 0 Å². The monoisotopic (exact) mass is 444 g/mol. The highest BCUT2D eigenvalue weighted by atomic mass is 35.5. The van der Waals surface area contributed by atoms with Gasteiger partial charge >= 0.3 is 0 Å². The number of aromatic nitrogens is 1. The fraction of sp³-hybridized carbons (Fsp3) is 0.273. The molecule has 156 valence electrons. The number of carbonyl (C=O) groups excluding carboxylic acids is 1. The van der Waals surface area contributed by atoms with Crippen LogP contribution < -0.4 is 5.32 Å². The Bertz CT molecular complexity index is 1100. The average Bonchev–Trinajstić information content (AvgIpc) is 3.28. The zero-order valence-electron chi connectivity index (χ0n) is 17.0. The number of hydrogen-bond donors (Lipinski definition) is 1. The van der Waals surface area contributed by atoms with Gasteiger partial charge in [-0.2, -0.15) is 5.26 Å². The van der Waals surface area contributed by atoms with E-state index in [-0.39, 0.29) is 12.5 Å². The number of nitriles is 1. The van der Waals surface area contributed by atoms with Gasteiger partial charge in [-0.25, -0.2) is 0 Å². The maximum atomic E-state index is 12.8. The summed E-state index contributed by atoms with van der Waals surface area (Å²) >= 11 is 12.3. The number of nitrogens with one attached hydrogen (secondary N) is 1. The molecule has 3 rings (SSSR count). The summed E-state index contributed by atoms with van der Waals surface area (Å²) in [7, 11) is 1.82. The van der Waals surface area contributed by atoms with Crippen LogP contribution in [0, 0.1) is 25.2 Å². The van der Waals surface area contributed by atoms with E-state index < -0.39 is 0 Å². The van der Waals surface area contributed by atoms with Gasteiger partial charge in [0.05, 0.1) is 35.0 Å². The normalized spacial score (nSPS) is 11.0. The predicted octanol–water partition coefficient (Wildman–Crippen LogP) is 5.00. The summed E-state index contributed by atoms with van der Waals surface area (Å²) in [6.45, 7) is 4.80. The van der Waals surface area contributed by atoms with Gasteiger partial charge in [0.2, 0.25) is 5.91 Å². The van der Waals surface area contributed by atoms with Crippen molar-refractivity contribution in [2.24, 2.45) is 0 Å². The Kier molecular flexibility index (Phi) is 6.88. The number of amides is 1. The van der Waals surface area contributed by atoms with Crippen LogP contribution in [-0.4, -0.2) is 29.0 Å². The number of likely N-dealkylation sites (N-methyl/N-ethyl adjacent to an activating group) is 1. The molecule has 8 heteroatoms. The highest BCUT2D eigenvalue weighted by Crippen LogP contribution is 2.28. The first-order valence-corrected chi connectivity index (χ1v) is 10.1. The summed E-state index contributed by atoms with van der Waals surface area (Å²) < 4.78 is 7.33. The highest BCUT2D eigenvalue weighted by Gasteiger charge is 2.21. The topological polar surface area (TPSA) is 74.2 Å². The molecule has 1 amide bonds. The number of rotatable bonds is 7. The molecule has 0 fully saturated rings. The predicted molar refractivity (Wildman–Crippen MR) is 118 cm³/mol. The molecule has 1 aromatic carbocycles. The molecule has 0 radical (unpaired) electrons. The minimum absolute atomic E-state index is 0.123. The van der Waals surface area contributed by atoms with Crippen molar-refractivity contribution in [2.75, 3.05) is 18.9 Å². The van der Waals surface area contributed by atoms with E-state index in [1.54, 1.807) is 18.4 Å². The fourth-order valence-electron chi connectivity index (χ4n) is 3.32. The second-order valence-electron chi connectivity index (χ2n) is 7.14. The lowest BCUT2D eigenvalue weighted by Gasteiger charge is -2.18. The summed E-state index contributed by atoms with van der Waals surface area (Å²) in [5, 5.41) is 13.5. The number of benzene rings is 1. The van der Waals surface area contributed by atoms with Crippen molar-refractivity contribution >= 4 is 34.9 Å². The van der Waals surface area contributed by atoms with Crippen LogP contribution in [0.1, 0.15) is 28.1 Å². The third-order valence-electron chi connectivity index (χ3n) is 4.98. The maximum absolute atomic E-state index is 12.8. The second-order valence-corrected chi connectivity index (χ2v) is 7.93. The molecule has 30 heavy (non-hydrogen) atoms. The highest BCUT2D eigenvalue weighted by molar-refractivity contribution is 6.42. The van der Waals surface area contributed by atoms with Crippen LogP contribution in [0.2, 0.25) is 10.0 Å². The van der Waals surface area contributed by atoms with Crippen molar-refractivity contribution in [2.45, 2.75) is 26.9 Å². The van der Waals surface area contributed by atoms with Crippen molar-refractivity contribution in [3.63, 3.8) is 0 Å². The lowest BCUT2D eigenvalue weighted by molar-refractivity contribution is -0.117. The summed E-state index contributed by atoms with van der Waals surface area (Å²) in [6, 6.07) is 11.3. The fourth-order valence-corrected chi connectivity index (χ4v) is 3.70. The van der Waals surface area contributed by atoms with Crippen LogP contribution in [0.4, 0.5) is 5.82 Å². The third kappa shape index (κ3) is 4.71. The van der Waals surface area contributed by atoms with Crippen molar-refractivity contribution < 1.29 is 9.21 Å². The first-order chi connectivity index (χ1) is 14.3. The molecule has 0 saturated heterocycles. The van der Waals surface area contributed by atoms with E-state index in [0.717, 1.165) is 22.6 Å². The summed E-state index contributed by atoms with van der Waals surface area (Å²) in [5.74, 6) is 0.981. The summed E-state index contributed by atoms with van der Waals surface area (Å²) in [6.07, 6.45) is 1.60. The maximum Gasteiger partial charge on any atom is 0.239 e. The Hall–Kier alpha value is -2.72. The van der Waals surface area contributed by atoms with E-state index in [2.05, 4.69) is 11.4 Å². The first kappa shape index (κ1) is 22.0. The van der Waals surface area contributed by atoms with Gasteiger partial charge in [-0.05, 0) is 50.2 Å². The van der Waals surface area contributed by atoms with Gasteiger partial charge in [0.25, 0.3) is 0 Å². The molecule has 1 N–H and O–H groups in total.